The van der Waals surface area contributed by atoms with E-state index >= 15 is 0 Å². The second-order valence-electron chi connectivity index (χ2n) is 4.71. The number of unbranched alkanes of at least 4 members (excludes halogenated alkanes) is 1. The Morgan fingerprint density at radius 3 is 2.82 bits per heavy atom. The summed E-state index contributed by atoms with van der Waals surface area (Å²) in [5.41, 5.74) is 2.65. The molecular formula is C15H21NS. The van der Waals surface area contributed by atoms with Crippen LogP contribution in [0.1, 0.15) is 56.0 Å². The minimum absolute atomic E-state index is 0.710. The maximum atomic E-state index is 4.59. The van der Waals surface area contributed by atoms with Gasteiger partial charge in [-0.25, -0.2) is 4.98 Å². The topological polar surface area (TPSA) is 12.9 Å². The van der Waals surface area contributed by atoms with E-state index in [2.05, 4.69) is 44.0 Å². The Balaban J connectivity index is 2.26. The van der Waals surface area contributed by atoms with E-state index in [4.69, 9.17) is 0 Å². The normalized spacial score (nSPS) is 13.1. The average Bonchev–Trinajstić information content (AvgIpc) is 2.69. The molecule has 2 rings (SSSR count). The molecule has 1 atom stereocenters. The van der Waals surface area contributed by atoms with Gasteiger partial charge in [-0.15, -0.1) is 11.3 Å². The number of fused-ring (bicyclic) bond motifs is 1. The van der Waals surface area contributed by atoms with E-state index < -0.39 is 0 Å². The lowest BCUT2D eigenvalue weighted by atomic mass is 9.91. The Hall–Kier alpha value is -0.890. The van der Waals surface area contributed by atoms with Gasteiger partial charge in [0, 0.05) is 0 Å². The van der Waals surface area contributed by atoms with Crippen molar-refractivity contribution in [3.05, 3.63) is 28.8 Å². The van der Waals surface area contributed by atoms with Crippen molar-refractivity contribution in [2.75, 3.05) is 0 Å². The highest BCUT2D eigenvalue weighted by atomic mass is 32.1. The number of aryl methyl sites for hydroxylation is 1. The van der Waals surface area contributed by atoms with Crippen LogP contribution in [-0.4, -0.2) is 4.98 Å². The van der Waals surface area contributed by atoms with Crippen LogP contribution >= 0.6 is 11.3 Å². The Bertz CT molecular complexity index is 487. The van der Waals surface area contributed by atoms with Crippen molar-refractivity contribution in [2.24, 2.45) is 0 Å². The Kier molecular flexibility index (Phi) is 4.16. The molecule has 0 aliphatic carbocycles. The summed E-state index contributed by atoms with van der Waals surface area (Å²) in [7, 11) is 0. The summed E-state index contributed by atoms with van der Waals surface area (Å²) in [4.78, 5) is 4.59. The lowest BCUT2D eigenvalue weighted by molar-refractivity contribution is 0.570. The highest BCUT2D eigenvalue weighted by Gasteiger charge is 2.10. The third kappa shape index (κ3) is 2.86. The molecule has 1 unspecified atom stereocenters. The molecule has 0 fully saturated rings. The molecule has 2 aromatic rings. The molecule has 1 aromatic heterocycles. The molecule has 17 heavy (non-hydrogen) atoms. The molecule has 1 heterocycles. The second kappa shape index (κ2) is 5.63. The molecule has 0 N–H and O–H groups in total. The molecule has 0 amide bonds. The molecule has 0 aliphatic rings. The maximum absolute atomic E-state index is 4.59. The summed E-state index contributed by atoms with van der Waals surface area (Å²) >= 11 is 1.79. The van der Waals surface area contributed by atoms with E-state index in [0.29, 0.717) is 5.92 Å². The predicted molar refractivity (Wildman–Crippen MR) is 76.9 cm³/mol. The minimum Gasteiger partial charge on any atom is -0.242 e. The van der Waals surface area contributed by atoms with Gasteiger partial charge in [-0.05, 0) is 43.4 Å². The van der Waals surface area contributed by atoms with Crippen molar-refractivity contribution in [1.29, 1.82) is 0 Å². The van der Waals surface area contributed by atoms with Gasteiger partial charge >= 0.3 is 0 Å². The van der Waals surface area contributed by atoms with E-state index in [-0.39, 0.29) is 0 Å². The van der Waals surface area contributed by atoms with E-state index in [1.54, 1.807) is 11.3 Å². The van der Waals surface area contributed by atoms with Gasteiger partial charge in [0.2, 0.25) is 0 Å². The fourth-order valence-electron chi connectivity index (χ4n) is 2.37. The van der Waals surface area contributed by atoms with E-state index in [1.807, 2.05) is 0 Å². The Morgan fingerprint density at radius 1 is 1.29 bits per heavy atom. The summed E-state index contributed by atoms with van der Waals surface area (Å²) in [6.45, 7) is 6.63. The molecule has 0 spiro atoms. The predicted octanol–water partition coefficient (Wildman–Crippen LogP) is 5.29. The van der Waals surface area contributed by atoms with Crippen molar-refractivity contribution in [3.8, 4) is 0 Å². The molecule has 1 nitrogen and oxygen atoms in total. The third-order valence-corrected chi connectivity index (χ3v) is 4.34. The number of hydrogen-bond donors (Lipinski definition) is 0. The van der Waals surface area contributed by atoms with Crippen LogP contribution in [0.3, 0.4) is 0 Å². The van der Waals surface area contributed by atoms with Gasteiger partial charge in [0.1, 0.15) is 0 Å². The average molecular weight is 247 g/mol. The van der Waals surface area contributed by atoms with Gasteiger partial charge in [0.05, 0.1) is 15.2 Å². The number of nitrogens with zero attached hydrogens (tertiary/aromatic N) is 1. The minimum atomic E-state index is 0.710. The molecule has 2 heteroatoms. The summed E-state index contributed by atoms with van der Waals surface area (Å²) in [5.74, 6) is 0.710. The summed E-state index contributed by atoms with van der Waals surface area (Å²) < 4.78 is 1.32. The second-order valence-corrected chi connectivity index (χ2v) is 5.94. The van der Waals surface area contributed by atoms with Gasteiger partial charge in [-0.1, -0.05) is 32.8 Å². The molecule has 0 radical (unpaired) electrons. The van der Waals surface area contributed by atoms with Gasteiger partial charge in [-0.2, -0.15) is 0 Å². The van der Waals surface area contributed by atoms with Crippen molar-refractivity contribution >= 4 is 21.6 Å². The highest BCUT2D eigenvalue weighted by molar-refractivity contribution is 7.18. The molecule has 0 saturated carbocycles. The van der Waals surface area contributed by atoms with E-state index in [9.17, 15) is 0 Å². The first-order valence-corrected chi connectivity index (χ1v) is 7.43. The van der Waals surface area contributed by atoms with E-state index in [0.717, 1.165) is 0 Å². The van der Waals surface area contributed by atoms with Crippen molar-refractivity contribution in [1.82, 2.24) is 4.98 Å². The van der Waals surface area contributed by atoms with Crippen LogP contribution in [0.2, 0.25) is 0 Å². The third-order valence-electron chi connectivity index (χ3n) is 3.39. The Morgan fingerprint density at radius 2 is 2.12 bits per heavy atom. The van der Waals surface area contributed by atoms with Crippen LogP contribution in [0.25, 0.3) is 10.2 Å². The van der Waals surface area contributed by atoms with Gasteiger partial charge in [0.25, 0.3) is 0 Å². The van der Waals surface area contributed by atoms with Crippen molar-refractivity contribution < 1.29 is 0 Å². The maximum Gasteiger partial charge on any atom is 0.0907 e. The summed E-state index contributed by atoms with van der Waals surface area (Å²) in [5, 5.41) is 1.17. The van der Waals surface area contributed by atoms with Crippen LogP contribution < -0.4 is 0 Å². The van der Waals surface area contributed by atoms with Crippen LogP contribution in [0, 0.1) is 6.92 Å². The molecular weight excluding hydrogens is 226 g/mol. The Labute approximate surface area is 108 Å². The molecule has 0 aliphatic heterocycles. The molecule has 0 bridgehead atoms. The lowest BCUT2D eigenvalue weighted by Gasteiger charge is -2.14. The molecule has 0 saturated heterocycles. The van der Waals surface area contributed by atoms with Gasteiger partial charge in [0.15, 0.2) is 0 Å². The van der Waals surface area contributed by atoms with Crippen molar-refractivity contribution in [3.63, 3.8) is 0 Å². The zero-order chi connectivity index (χ0) is 12.3. The monoisotopic (exact) mass is 247 g/mol. The standard InChI is InChI=1S/C15H21NS/c1-4-6-7-12(5-2)13-8-9-15-14(10-13)16-11(3)17-15/h8-10,12H,4-7H2,1-3H3. The van der Waals surface area contributed by atoms with Crippen molar-refractivity contribution in [2.45, 2.75) is 52.4 Å². The lowest BCUT2D eigenvalue weighted by Crippen LogP contribution is -1.97. The number of rotatable bonds is 5. The summed E-state index contributed by atoms with van der Waals surface area (Å²) in [6.07, 6.45) is 5.15. The largest absolute Gasteiger partial charge is 0.242 e. The van der Waals surface area contributed by atoms with E-state index in [1.165, 1.54) is 46.5 Å². The van der Waals surface area contributed by atoms with Crippen LogP contribution in [0.5, 0.6) is 0 Å². The number of benzene rings is 1. The first-order chi connectivity index (χ1) is 8.24. The first kappa shape index (κ1) is 12.6. The van der Waals surface area contributed by atoms with Gasteiger partial charge in [-0.3, -0.25) is 0 Å². The van der Waals surface area contributed by atoms with Crippen LogP contribution in [0.4, 0.5) is 0 Å². The first-order valence-electron chi connectivity index (χ1n) is 6.61. The zero-order valence-electron chi connectivity index (χ0n) is 11.0. The quantitative estimate of drug-likeness (QED) is 0.699. The SMILES string of the molecule is CCCCC(CC)c1ccc2sc(C)nc2c1. The zero-order valence-corrected chi connectivity index (χ0v) is 11.8. The number of hydrogen-bond acceptors (Lipinski definition) is 2. The molecule has 1 aromatic carbocycles. The number of aromatic nitrogens is 1. The molecule has 92 valence electrons. The highest BCUT2D eigenvalue weighted by Crippen LogP contribution is 2.30. The van der Waals surface area contributed by atoms with Gasteiger partial charge < -0.3 is 0 Å². The van der Waals surface area contributed by atoms with Crippen LogP contribution in [-0.2, 0) is 0 Å². The fourth-order valence-corrected chi connectivity index (χ4v) is 3.18. The fraction of sp³-hybridized carbons (Fsp3) is 0.533. The summed E-state index contributed by atoms with van der Waals surface area (Å²) in [6, 6.07) is 6.83. The van der Waals surface area contributed by atoms with Crippen LogP contribution in [0.15, 0.2) is 18.2 Å². The smallest absolute Gasteiger partial charge is 0.0907 e. The number of thiazole rings is 1.